The van der Waals surface area contributed by atoms with Gasteiger partial charge in [0.1, 0.15) is 13.2 Å². The Bertz CT molecular complexity index is 258. The summed E-state index contributed by atoms with van der Waals surface area (Å²) in [7, 11) is 0. The van der Waals surface area contributed by atoms with E-state index in [1.807, 2.05) is 13.8 Å². The third-order valence-electron chi connectivity index (χ3n) is 1.96. The number of ether oxygens (including phenoxy) is 2. The second-order valence-corrected chi connectivity index (χ2v) is 3.48. The molecule has 86 valence electrons. The third kappa shape index (κ3) is 3.28. The molecule has 2 heterocycles. The Morgan fingerprint density at radius 1 is 1.33 bits per heavy atom. The number of nitrogens with one attached hydrogen (secondary N) is 1. The highest BCUT2D eigenvalue weighted by Crippen LogP contribution is 2.04. The molecule has 15 heavy (non-hydrogen) atoms. The van der Waals surface area contributed by atoms with Gasteiger partial charge in [-0.3, -0.25) is 0 Å². The van der Waals surface area contributed by atoms with Crippen LogP contribution in [0, 0.1) is 0 Å². The van der Waals surface area contributed by atoms with Gasteiger partial charge in [-0.05, 0) is 13.8 Å². The molecular weight excluding hydrogens is 202 g/mol. The first-order chi connectivity index (χ1) is 7.00. The van der Waals surface area contributed by atoms with Gasteiger partial charge in [0.25, 0.3) is 0 Å². The molecule has 0 radical (unpaired) electrons. The first-order valence-corrected chi connectivity index (χ1v) is 4.64. The Hall–Kier alpha value is -1.50. The van der Waals surface area contributed by atoms with Crippen molar-refractivity contribution in [3.63, 3.8) is 0 Å². The summed E-state index contributed by atoms with van der Waals surface area (Å²) in [6.07, 6.45) is -0.731. The second kappa shape index (κ2) is 4.83. The van der Waals surface area contributed by atoms with Gasteiger partial charge in [0.2, 0.25) is 0 Å². The molecule has 7 nitrogen and oxygen atoms in total. The van der Waals surface area contributed by atoms with Gasteiger partial charge >= 0.3 is 12.2 Å². The lowest BCUT2D eigenvalue weighted by atomic mass is 10.4. The molecular formula is C8H15N3O4. The summed E-state index contributed by atoms with van der Waals surface area (Å²) in [5.74, 6) is 5.18. The number of cyclic esters (lactones) is 2. The Morgan fingerprint density at radius 3 is 2.13 bits per heavy atom. The fourth-order valence-corrected chi connectivity index (χ4v) is 1.01. The number of alkyl carbamates (subject to hydrolysis) is 1. The minimum Gasteiger partial charge on any atom is -0.447 e. The molecule has 2 saturated heterocycles. The molecule has 0 bridgehead atoms. The Balaban J connectivity index is 0.000000151. The predicted octanol–water partition coefficient (Wildman–Crippen LogP) is -0.184. The van der Waals surface area contributed by atoms with Crippen LogP contribution in [0.3, 0.4) is 0 Å². The highest BCUT2D eigenvalue weighted by molar-refractivity contribution is 5.69. The van der Waals surface area contributed by atoms with Crippen LogP contribution in [0.15, 0.2) is 0 Å². The van der Waals surface area contributed by atoms with E-state index >= 15 is 0 Å². The zero-order valence-corrected chi connectivity index (χ0v) is 8.73. The number of hydrogen-bond acceptors (Lipinski definition) is 5. The van der Waals surface area contributed by atoms with Crippen LogP contribution in [0.1, 0.15) is 13.8 Å². The van der Waals surface area contributed by atoms with Gasteiger partial charge in [-0.15, -0.1) is 0 Å². The second-order valence-electron chi connectivity index (χ2n) is 3.48. The van der Waals surface area contributed by atoms with E-state index in [1.54, 1.807) is 0 Å². The molecule has 0 saturated carbocycles. The SMILES string of the molecule is CC1COC(=O)N1.CC1COC(=O)N1N. The van der Waals surface area contributed by atoms with Crippen molar-refractivity contribution in [1.29, 1.82) is 0 Å². The monoisotopic (exact) mass is 217 g/mol. The van der Waals surface area contributed by atoms with Crippen molar-refractivity contribution in [2.24, 2.45) is 5.84 Å². The summed E-state index contributed by atoms with van der Waals surface area (Å²) in [5, 5.41) is 3.64. The molecule has 0 spiro atoms. The average molecular weight is 217 g/mol. The number of hydrogen-bond donors (Lipinski definition) is 2. The average Bonchev–Trinajstić information content (AvgIpc) is 2.68. The minimum atomic E-state index is -0.433. The van der Waals surface area contributed by atoms with Crippen LogP contribution < -0.4 is 11.2 Å². The van der Waals surface area contributed by atoms with E-state index in [-0.39, 0.29) is 18.2 Å². The summed E-state index contributed by atoms with van der Waals surface area (Å²) in [5.41, 5.74) is 0. The number of amides is 2. The summed E-state index contributed by atoms with van der Waals surface area (Å²) in [6.45, 7) is 4.64. The predicted molar refractivity (Wildman–Crippen MR) is 50.8 cm³/mol. The third-order valence-corrected chi connectivity index (χ3v) is 1.96. The van der Waals surface area contributed by atoms with Crippen molar-refractivity contribution in [3.05, 3.63) is 0 Å². The normalized spacial score (nSPS) is 28.9. The van der Waals surface area contributed by atoms with Crippen molar-refractivity contribution >= 4 is 12.2 Å². The van der Waals surface area contributed by atoms with Gasteiger partial charge in [0.05, 0.1) is 12.1 Å². The van der Waals surface area contributed by atoms with Crippen LogP contribution >= 0.6 is 0 Å². The summed E-state index contributed by atoms with van der Waals surface area (Å²) >= 11 is 0. The Labute approximate surface area is 87.5 Å². The van der Waals surface area contributed by atoms with E-state index in [9.17, 15) is 9.59 Å². The molecule has 2 amide bonds. The molecule has 0 aliphatic carbocycles. The molecule has 0 aromatic heterocycles. The fraction of sp³-hybridized carbons (Fsp3) is 0.750. The van der Waals surface area contributed by atoms with Gasteiger partial charge in [0.15, 0.2) is 0 Å². The van der Waals surface area contributed by atoms with Crippen molar-refractivity contribution in [1.82, 2.24) is 10.3 Å². The van der Waals surface area contributed by atoms with Crippen LogP contribution in [0.2, 0.25) is 0 Å². The van der Waals surface area contributed by atoms with Crippen LogP contribution in [-0.2, 0) is 9.47 Å². The van der Waals surface area contributed by atoms with Gasteiger partial charge in [-0.1, -0.05) is 0 Å². The summed E-state index contributed by atoms with van der Waals surface area (Å²) < 4.78 is 9.05. The van der Waals surface area contributed by atoms with E-state index < -0.39 is 6.09 Å². The molecule has 2 atom stereocenters. The highest BCUT2D eigenvalue weighted by atomic mass is 16.6. The molecule has 2 fully saturated rings. The molecule has 2 aliphatic heterocycles. The molecule has 2 aliphatic rings. The largest absolute Gasteiger partial charge is 0.447 e. The van der Waals surface area contributed by atoms with Gasteiger partial charge in [-0.2, -0.15) is 0 Å². The van der Waals surface area contributed by atoms with Crippen LogP contribution in [-0.4, -0.2) is 42.5 Å². The van der Waals surface area contributed by atoms with E-state index in [1.165, 1.54) is 0 Å². The lowest BCUT2D eigenvalue weighted by Gasteiger charge is -2.07. The van der Waals surface area contributed by atoms with Crippen molar-refractivity contribution in [2.45, 2.75) is 25.9 Å². The molecule has 7 heteroatoms. The lowest BCUT2D eigenvalue weighted by Crippen LogP contribution is -2.37. The van der Waals surface area contributed by atoms with Crippen molar-refractivity contribution in [3.8, 4) is 0 Å². The van der Waals surface area contributed by atoms with Gasteiger partial charge in [-0.25, -0.2) is 20.4 Å². The number of carbonyl (C=O) groups is 2. The molecule has 0 aromatic carbocycles. The maximum absolute atomic E-state index is 10.4. The van der Waals surface area contributed by atoms with Gasteiger partial charge in [0, 0.05) is 0 Å². The molecule has 3 N–H and O–H groups in total. The Kier molecular flexibility index (Phi) is 3.73. The van der Waals surface area contributed by atoms with Gasteiger partial charge < -0.3 is 14.8 Å². The minimum absolute atomic E-state index is 0.0301. The van der Waals surface area contributed by atoms with Crippen LogP contribution in [0.5, 0.6) is 0 Å². The zero-order chi connectivity index (χ0) is 11.4. The van der Waals surface area contributed by atoms with E-state index in [2.05, 4.69) is 14.8 Å². The number of rotatable bonds is 0. The first-order valence-electron chi connectivity index (χ1n) is 4.64. The van der Waals surface area contributed by atoms with Crippen LogP contribution in [0.25, 0.3) is 0 Å². The number of carbonyl (C=O) groups excluding carboxylic acids is 2. The van der Waals surface area contributed by atoms with E-state index in [4.69, 9.17) is 5.84 Å². The molecule has 2 rings (SSSR count). The topological polar surface area (TPSA) is 93.9 Å². The van der Waals surface area contributed by atoms with Crippen molar-refractivity contribution < 1.29 is 19.1 Å². The number of nitrogens with zero attached hydrogens (tertiary/aromatic N) is 1. The smallest absolute Gasteiger partial charge is 0.424 e. The number of hydrazine groups is 1. The fourth-order valence-electron chi connectivity index (χ4n) is 1.01. The van der Waals surface area contributed by atoms with E-state index in [0.29, 0.717) is 13.2 Å². The van der Waals surface area contributed by atoms with Crippen LogP contribution in [0.4, 0.5) is 9.59 Å². The lowest BCUT2D eigenvalue weighted by molar-refractivity contribution is 0.158. The first kappa shape index (κ1) is 11.6. The quantitative estimate of drug-likeness (QED) is 0.433. The highest BCUT2D eigenvalue weighted by Gasteiger charge is 2.25. The number of nitrogens with two attached hydrogens (primary N) is 1. The summed E-state index contributed by atoms with van der Waals surface area (Å²) in [4.78, 5) is 20.5. The molecule has 2 unspecified atom stereocenters. The maximum atomic E-state index is 10.4. The van der Waals surface area contributed by atoms with E-state index in [0.717, 1.165) is 5.01 Å². The zero-order valence-electron chi connectivity index (χ0n) is 8.73. The Morgan fingerprint density at radius 2 is 2.00 bits per heavy atom. The standard InChI is InChI=1S/C4H8N2O2.C4H7NO2/c1-3-2-8-4(7)6(3)5;1-3-2-7-4(6)5-3/h3H,2,5H2,1H3;3H,2H2,1H3,(H,5,6). The molecule has 0 aromatic rings. The summed E-state index contributed by atoms with van der Waals surface area (Å²) in [6, 6.07) is 0.231. The van der Waals surface area contributed by atoms with Crippen molar-refractivity contribution in [2.75, 3.05) is 13.2 Å². The maximum Gasteiger partial charge on any atom is 0.424 e.